The van der Waals surface area contributed by atoms with Crippen molar-refractivity contribution in [2.75, 3.05) is 24.2 Å². The number of para-hydroxylation sites is 1. The summed E-state index contributed by atoms with van der Waals surface area (Å²) in [5.74, 6) is -0.172. The van der Waals surface area contributed by atoms with Gasteiger partial charge >= 0.3 is 0 Å². The zero-order valence-corrected chi connectivity index (χ0v) is 17.7. The summed E-state index contributed by atoms with van der Waals surface area (Å²) in [4.78, 5) is 17.9. The Balaban J connectivity index is 1.75. The van der Waals surface area contributed by atoms with Gasteiger partial charge in [-0.3, -0.25) is 4.79 Å². The second-order valence-corrected chi connectivity index (χ2v) is 9.82. The molecule has 2 aliphatic heterocycles. The van der Waals surface area contributed by atoms with Gasteiger partial charge in [0.1, 0.15) is 5.70 Å². The molecule has 1 fully saturated rings. The predicted octanol–water partition coefficient (Wildman–Crippen LogP) is 3.44. The van der Waals surface area contributed by atoms with Crippen molar-refractivity contribution < 1.29 is 13.2 Å². The number of sulfonamides is 1. The predicted molar refractivity (Wildman–Crippen MR) is 119 cm³/mol. The Kier molecular flexibility index (Phi) is 5.83. The highest BCUT2D eigenvalue weighted by atomic mass is 32.2. The second kappa shape index (κ2) is 8.53. The topological polar surface area (TPSA) is 78.8 Å². The third-order valence-corrected chi connectivity index (χ3v) is 7.44. The number of rotatable bonds is 5. The van der Waals surface area contributed by atoms with Gasteiger partial charge in [-0.1, -0.05) is 48.5 Å². The molecule has 7 heteroatoms. The number of benzene rings is 2. The van der Waals surface area contributed by atoms with E-state index in [1.165, 1.54) is 4.31 Å². The van der Waals surface area contributed by atoms with Gasteiger partial charge < -0.3 is 5.32 Å². The van der Waals surface area contributed by atoms with E-state index < -0.39 is 10.0 Å². The second-order valence-electron chi connectivity index (χ2n) is 7.56. The molecule has 2 aromatic carbocycles. The molecule has 1 saturated heterocycles. The van der Waals surface area contributed by atoms with Gasteiger partial charge in [0.2, 0.25) is 10.0 Å². The Labute approximate surface area is 177 Å². The molecular formula is C23H25N3O3S. The number of fused-ring (bicyclic) bond motifs is 2. The molecule has 1 unspecified atom stereocenters. The third-order valence-electron chi connectivity index (χ3n) is 5.62. The Morgan fingerprint density at radius 1 is 1.10 bits per heavy atom. The van der Waals surface area contributed by atoms with Gasteiger partial charge in [-0.15, -0.1) is 0 Å². The number of amides is 1. The van der Waals surface area contributed by atoms with Crippen molar-refractivity contribution in [1.29, 1.82) is 0 Å². The highest BCUT2D eigenvalue weighted by molar-refractivity contribution is 7.89. The van der Waals surface area contributed by atoms with Crippen LogP contribution in [0.3, 0.4) is 0 Å². The highest BCUT2D eigenvalue weighted by Crippen LogP contribution is 2.34. The molecule has 0 aliphatic carbocycles. The van der Waals surface area contributed by atoms with E-state index in [9.17, 15) is 13.2 Å². The molecule has 0 saturated carbocycles. The van der Waals surface area contributed by atoms with Crippen molar-refractivity contribution in [1.82, 2.24) is 4.31 Å². The number of hydrogen-bond donors (Lipinski definition) is 1. The van der Waals surface area contributed by atoms with Gasteiger partial charge in [-0.2, -0.15) is 4.31 Å². The fourth-order valence-electron chi connectivity index (χ4n) is 4.00. The first-order valence-electron chi connectivity index (χ1n) is 10.2. The number of aliphatic imine (C=N–C) groups is 1. The Hall–Kier alpha value is -2.77. The van der Waals surface area contributed by atoms with E-state index in [1.807, 2.05) is 60.7 Å². The van der Waals surface area contributed by atoms with Gasteiger partial charge in [-0.25, -0.2) is 13.4 Å². The van der Waals surface area contributed by atoms with E-state index in [-0.39, 0.29) is 24.1 Å². The van der Waals surface area contributed by atoms with Gasteiger partial charge in [0.15, 0.2) is 0 Å². The van der Waals surface area contributed by atoms with Crippen LogP contribution in [-0.4, -0.2) is 43.2 Å². The summed E-state index contributed by atoms with van der Waals surface area (Å²) in [5, 5.41) is 2.90. The molecule has 2 aromatic rings. The normalized spacial score (nSPS) is 19.8. The first-order chi connectivity index (χ1) is 14.5. The molecule has 2 bridgehead atoms. The first-order valence-corrected chi connectivity index (χ1v) is 11.8. The van der Waals surface area contributed by atoms with Crippen molar-refractivity contribution in [3.63, 3.8) is 0 Å². The molecule has 156 valence electrons. The van der Waals surface area contributed by atoms with Gasteiger partial charge in [0, 0.05) is 24.7 Å². The standard InChI is InChI=1S/C23H25N3O3S/c1-2-30(28,29)26-14-13-18-15-19(16-26)22(23(27)24-20-11-7-4-8-12-20)25-21(18)17-9-5-3-6-10-17/h3-12,18H,2,13-16H2,1H3,(H,24,27). The lowest BCUT2D eigenvalue weighted by Gasteiger charge is -2.24. The largest absolute Gasteiger partial charge is 0.321 e. The molecule has 1 amide bonds. The molecule has 6 nitrogen and oxygen atoms in total. The quantitative estimate of drug-likeness (QED) is 0.800. The number of anilines is 1. The van der Waals surface area contributed by atoms with Crippen molar-refractivity contribution in [2.45, 2.75) is 19.8 Å². The van der Waals surface area contributed by atoms with Crippen LogP contribution in [-0.2, 0) is 14.8 Å². The maximum absolute atomic E-state index is 13.1. The molecule has 1 N–H and O–H groups in total. The monoisotopic (exact) mass is 423 g/mol. The number of nitrogens with zero attached hydrogens (tertiary/aromatic N) is 2. The number of hydrogen-bond acceptors (Lipinski definition) is 4. The van der Waals surface area contributed by atoms with E-state index in [1.54, 1.807) is 6.92 Å². The lowest BCUT2D eigenvalue weighted by molar-refractivity contribution is -0.113. The zero-order valence-electron chi connectivity index (χ0n) is 16.9. The molecule has 0 radical (unpaired) electrons. The van der Waals surface area contributed by atoms with Crippen molar-refractivity contribution in [3.05, 3.63) is 77.5 Å². The van der Waals surface area contributed by atoms with Gasteiger partial charge in [-0.05, 0) is 43.0 Å². The molecule has 2 heterocycles. The summed E-state index contributed by atoms with van der Waals surface area (Å²) in [6.07, 6.45) is 1.32. The first kappa shape index (κ1) is 20.5. The van der Waals surface area contributed by atoms with E-state index in [2.05, 4.69) is 5.32 Å². The van der Waals surface area contributed by atoms with Crippen LogP contribution in [0.2, 0.25) is 0 Å². The summed E-state index contributed by atoms with van der Waals surface area (Å²) in [6, 6.07) is 19.0. The maximum Gasteiger partial charge on any atom is 0.274 e. The molecule has 4 rings (SSSR count). The minimum atomic E-state index is -3.36. The number of carbonyl (C=O) groups is 1. The van der Waals surface area contributed by atoms with E-state index in [0.29, 0.717) is 30.8 Å². The number of nitrogens with one attached hydrogen (secondary N) is 1. The van der Waals surface area contributed by atoms with Crippen LogP contribution in [0.25, 0.3) is 0 Å². The Bertz CT molecular complexity index is 1090. The smallest absolute Gasteiger partial charge is 0.274 e. The molecular weight excluding hydrogens is 398 g/mol. The van der Waals surface area contributed by atoms with Crippen molar-refractivity contribution in [3.8, 4) is 0 Å². The van der Waals surface area contributed by atoms with Crippen LogP contribution < -0.4 is 5.32 Å². The SMILES string of the molecule is CCS(=O)(=O)N1CCC2CC(=C(C(=O)Nc3ccccc3)N=C2c2ccccc2)C1. The molecule has 2 aliphatic rings. The van der Waals surface area contributed by atoms with Gasteiger partial charge in [0.25, 0.3) is 5.91 Å². The van der Waals surface area contributed by atoms with E-state index in [4.69, 9.17) is 4.99 Å². The van der Waals surface area contributed by atoms with Crippen LogP contribution >= 0.6 is 0 Å². The molecule has 0 spiro atoms. The van der Waals surface area contributed by atoms with Crippen molar-refractivity contribution >= 4 is 27.3 Å². The zero-order chi connectivity index (χ0) is 21.1. The molecule has 0 aromatic heterocycles. The average Bonchev–Trinajstić information content (AvgIpc) is 2.95. The third kappa shape index (κ3) is 4.22. The van der Waals surface area contributed by atoms with Crippen molar-refractivity contribution in [2.24, 2.45) is 10.9 Å². The molecule has 30 heavy (non-hydrogen) atoms. The van der Waals surface area contributed by atoms with E-state index in [0.717, 1.165) is 16.8 Å². The lowest BCUT2D eigenvalue weighted by atomic mass is 9.85. The van der Waals surface area contributed by atoms with E-state index >= 15 is 0 Å². The average molecular weight is 424 g/mol. The van der Waals surface area contributed by atoms with Crippen LogP contribution in [0.1, 0.15) is 25.3 Å². The van der Waals surface area contributed by atoms with Crippen LogP contribution in [0.5, 0.6) is 0 Å². The summed E-state index contributed by atoms with van der Waals surface area (Å²) < 4.78 is 26.7. The summed E-state index contributed by atoms with van der Waals surface area (Å²) in [6.45, 7) is 2.30. The number of carbonyl (C=O) groups excluding carboxylic acids is 1. The lowest BCUT2D eigenvalue weighted by Crippen LogP contribution is -2.34. The van der Waals surface area contributed by atoms with Gasteiger partial charge in [0.05, 0.1) is 11.5 Å². The maximum atomic E-state index is 13.1. The highest BCUT2D eigenvalue weighted by Gasteiger charge is 2.35. The Morgan fingerprint density at radius 3 is 2.43 bits per heavy atom. The van der Waals surface area contributed by atoms with Crippen LogP contribution in [0.4, 0.5) is 5.69 Å². The van der Waals surface area contributed by atoms with Crippen LogP contribution in [0.15, 0.2) is 76.9 Å². The summed E-state index contributed by atoms with van der Waals surface area (Å²) in [7, 11) is -3.36. The van der Waals surface area contributed by atoms with Crippen LogP contribution in [0, 0.1) is 5.92 Å². The summed E-state index contributed by atoms with van der Waals surface area (Å²) >= 11 is 0. The Morgan fingerprint density at radius 2 is 1.77 bits per heavy atom. The summed E-state index contributed by atoms with van der Waals surface area (Å²) in [5.41, 5.74) is 3.61. The minimum Gasteiger partial charge on any atom is -0.321 e. The fraction of sp³-hybridized carbons (Fsp3) is 0.304. The minimum absolute atomic E-state index is 0.0445. The molecule has 1 atom stereocenters. The fourth-order valence-corrected chi connectivity index (χ4v) is 5.11.